The minimum atomic E-state index is -0.227. The Hall–Kier alpha value is -0.860. The van der Waals surface area contributed by atoms with Crippen molar-refractivity contribution in [1.29, 1.82) is 0 Å². The zero-order valence-electron chi connectivity index (χ0n) is 10.8. The highest BCUT2D eigenvalue weighted by atomic mass is 16.3. The number of hydrogen-bond acceptors (Lipinski definition) is 2. The van der Waals surface area contributed by atoms with Crippen molar-refractivity contribution in [3.63, 3.8) is 0 Å². The first-order chi connectivity index (χ1) is 8.15. The maximum Gasteiger partial charge on any atom is 0.0526 e. The fourth-order valence-electron chi connectivity index (χ4n) is 2.21. The van der Waals surface area contributed by atoms with Crippen molar-refractivity contribution in [1.82, 2.24) is 5.32 Å². The molecule has 2 heteroatoms. The first kappa shape index (κ1) is 12.6. The summed E-state index contributed by atoms with van der Waals surface area (Å²) in [5.41, 5.74) is 2.82. The Morgan fingerprint density at radius 1 is 1.24 bits per heavy atom. The van der Waals surface area contributed by atoms with Gasteiger partial charge in [-0.1, -0.05) is 24.3 Å². The zero-order valence-corrected chi connectivity index (χ0v) is 10.8. The lowest BCUT2D eigenvalue weighted by molar-refractivity contribution is 0.170. The predicted octanol–water partition coefficient (Wildman–Crippen LogP) is 2.81. The molecule has 2 unspecified atom stereocenters. The van der Waals surface area contributed by atoms with E-state index in [2.05, 4.69) is 36.5 Å². The topological polar surface area (TPSA) is 32.3 Å². The minimum absolute atomic E-state index is 0.227. The number of aliphatic hydroxyl groups excluding tert-OH is 1. The fourth-order valence-corrected chi connectivity index (χ4v) is 2.21. The third-order valence-corrected chi connectivity index (χ3v) is 3.38. The maximum atomic E-state index is 9.28. The van der Waals surface area contributed by atoms with Crippen molar-refractivity contribution in [2.75, 3.05) is 0 Å². The largest absolute Gasteiger partial charge is 0.393 e. The fraction of sp³-hybridized carbons (Fsp3) is 0.600. The molecule has 2 atom stereocenters. The normalized spacial score (nSPS) is 19.0. The van der Waals surface area contributed by atoms with Crippen LogP contribution in [0.5, 0.6) is 0 Å². The van der Waals surface area contributed by atoms with Crippen LogP contribution in [0.25, 0.3) is 0 Å². The monoisotopic (exact) mass is 233 g/mol. The van der Waals surface area contributed by atoms with Gasteiger partial charge in [-0.25, -0.2) is 0 Å². The molecule has 0 bridgehead atoms. The molecule has 0 spiro atoms. The van der Waals surface area contributed by atoms with Gasteiger partial charge in [0.15, 0.2) is 0 Å². The Morgan fingerprint density at radius 2 is 1.88 bits per heavy atom. The van der Waals surface area contributed by atoms with Crippen LogP contribution in [-0.4, -0.2) is 17.3 Å². The Bertz CT molecular complexity index is 340. The van der Waals surface area contributed by atoms with Gasteiger partial charge in [-0.3, -0.25) is 0 Å². The average Bonchev–Trinajstić information content (AvgIpc) is 3.10. The van der Waals surface area contributed by atoms with Gasteiger partial charge in [0.25, 0.3) is 0 Å². The van der Waals surface area contributed by atoms with Crippen LogP contribution in [0.3, 0.4) is 0 Å². The van der Waals surface area contributed by atoms with Gasteiger partial charge < -0.3 is 10.4 Å². The van der Waals surface area contributed by atoms with Crippen molar-refractivity contribution < 1.29 is 5.11 Å². The molecular weight excluding hydrogens is 210 g/mol. The number of rotatable bonds is 6. The van der Waals surface area contributed by atoms with Crippen LogP contribution in [0.2, 0.25) is 0 Å². The second-order valence-corrected chi connectivity index (χ2v) is 5.38. The summed E-state index contributed by atoms with van der Waals surface area (Å²) in [6.45, 7) is 4.84. The molecule has 1 aliphatic carbocycles. The van der Waals surface area contributed by atoms with Crippen LogP contribution in [-0.2, 0) is 6.54 Å². The van der Waals surface area contributed by atoms with E-state index in [0.717, 1.165) is 18.9 Å². The lowest BCUT2D eigenvalue weighted by Crippen LogP contribution is -2.28. The zero-order chi connectivity index (χ0) is 12.3. The summed E-state index contributed by atoms with van der Waals surface area (Å²) in [6, 6.07) is 9.31. The number of hydrogen-bond donors (Lipinski definition) is 2. The quantitative estimate of drug-likeness (QED) is 0.792. The van der Waals surface area contributed by atoms with Crippen LogP contribution >= 0.6 is 0 Å². The van der Waals surface area contributed by atoms with E-state index in [9.17, 15) is 5.11 Å². The molecule has 0 heterocycles. The molecule has 1 fully saturated rings. The van der Waals surface area contributed by atoms with Crippen LogP contribution in [0.4, 0.5) is 0 Å². The third-order valence-electron chi connectivity index (χ3n) is 3.38. The highest BCUT2D eigenvalue weighted by Gasteiger charge is 2.22. The highest BCUT2D eigenvalue weighted by Crippen LogP contribution is 2.39. The summed E-state index contributed by atoms with van der Waals surface area (Å²) in [5, 5.41) is 12.7. The molecule has 0 aromatic heterocycles. The molecule has 0 amide bonds. The second-order valence-electron chi connectivity index (χ2n) is 5.38. The van der Waals surface area contributed by atoms with Crippen molar-refractivity contribution in [2.24, 2.45) is 0 Å². The van der Waals surface area contributed by atoms with Crippen LogP contribution in [0.1, 0.15) is 50.2 Å². The molecule has 1 aliphatic rings. The van der Waals surface area contributed by atoms with E-state index in [0.29, 0.717) is 6.04 Å². The van der Waals surface area contributed by atoms with E-state index in [1.165, 1.54) is 24.0 Å². The van der Waals surface area contributed by atoms with Gasteiger partial charge in [0.05, 0.1) is 6.10 Å². The van der Waals surface area contributed by atoms with E-state index in [-0.39, 0.29) is 6.10 Å². The van der Waals surface area contributed by atoms with Gasteiger partial charge in [0.1, 0.15) is 0 Å². The molecule has 2 N–H and O–H groups in total. The smallest absolute Gasteiger partial charge is 0.0526 e. The first-order valence-electron chi connectivity index (χ1n) is 6.65. The molecule has 0 aliphatic heterocycles. The lowest BCUT2D eigenvalue weighted by atomic mass is 10.1. The summed E-state index contributed by atoms with van der Waals surface area (Å²) in [6.07, 6.45) is 3.31. The molecule has 0 radical (unpaired) electrons. The summed E-state index contributed by atoms with van der Waals surface area (Å²) in [5.74, 6) is 0.839. The van der Waals surface area contributed by atoms with Gasteiger partial charge in [-0.2, -0.15) is 0 Å². The van der Waals surface area contributed by atoms with Crippen molar-refractivity contribution in [2.45, 2.75) is 57.7 Å². The van der Waals surface area contributed by atoms with Crippen LogP contribution < -0.4 is 5.32 Å². The lowest BCUT2D eigenvalue weighted by Gasteiger charge is -2.15. The second kappa shape index (κ2) is 5.65. The van der Waals surface area contributed by atoms with E-state index in [4.69, 9.17) is 0 Å². The Morgan fingerprint density at radius 3 is 2.41 bits per heavy atom. The van der Waals surface area contributed by atoms with Gasteiger partial charge in [0.2, 0.25) is 0 Å². The molecule has 2 nitrogen and oxygen atoms in total. The molecule has 17 heavy (non-hydrogen) atoms. The minimum Gasteiger partial charge on any atom is -0.393 e. The molecule has 1 aromatic carbocycles. The van der Waals surface area contributed by atoms with Crippen LogP contribution in [0.15, 0.2) is 24.3 Å². The van der Waals surface area contributed by atoms with E-state index < -0.39 is 0 Å². The Labute approximate surface area is 104 Å². The van der Waals surface area contributed by atoms with Crippen molar-refractivity contribution in [3.05, 3.63) is 35.4 Å². The average molecular weight is 233 g/mol. The summed E-state index contributed by atoms with van der Waals surface area (Å²) < 4.78 is 0. The molecule has 1 saturated carbocycles. The maximum absolute atomic E-state index is 9.28. The van der Waals surface area contributed by atoms with E-state index in [1.807, 2.05) is 6.92 Å². The van der Waals surface area contributed by atoms with E-state index in [1.54, 1.807) is 0 Å². The van der Waals surface area contributed by atoms with Gasteiger partial charge in [-0.15, -0.1) is 0 Å². The van der Waals surface area contributed by atoms with Gasteiger partial charge in [0, 0.05) is 12.6 Å². The van der Waals surface area contributed by atoms with Crippen molar-refractivity contribution in [3.8, 4) is 0 Å². The molecular formula is C15H23NO. The molecule has 0 saturated heterocycles. The molecule has 1 aromatic rings. The summed E-state index contributed by atoms with van der Waals surface area (Å²) >= 11 is 0. The highest BCUT2D eigenvalue weighted by molar-refractivity contribution is 5.27. The number of benzene rings is 1. The number of nitrogens with one attached hydrogen (secondary N) is 1. The van der Waals surface area contributed by atoms with Gasteiger partial charge in [-0.05, 0) is 50.2 Å². The Balaban J connectivity index is 1.78. The van der Waals surface area contributed by atoms with Crippen molar-refractivity contribution >= 4 is 0 Å². The number of aliphatic hydroxyl groups is 1. The SMILES string of the molecule is CC(O)CC(C)NCc1ccc(C2CC2)cc1. The summed E-state index contributed by atoms with van der Waals surface area (Å²) in [4.78, 5) is 0. The predicted molar refractivity (Wildman–Crippen MR) is 71.0 cm³/mol. The van der Waals surface area contributed by atoms with Crippen LogP contribution in [0, 0.1) is 0 Å². The molecule has 2 rings (SSSR count). The molecule has 94 valence electrons. The standard InChI is InChI=1S/C15H23NO/c1-11(9-12(2)17)16-10-13-3-5-14(6-4-13)15-7-8-15/h3-6,11-12,15-17H,7-10H2,1-2H3. The third kappa shape index (κ3) is 4.14. The first-order valence-corrected chi connectivity index (χ1v) is 6.65. The van der Waals surface area contributed by atoms with Gasteiger partial charge >= 0.3 is 0 Å². The Kier molecular flexibility index (Phi) is 4.19. The van der Waals surface area contributed by atoms with E-state index >= 15 is 0 Å². The summed E-state index contributed by atoms with van der Waals surface area (Å²) in [7, 11) is 0.